The lowest BCUT2D eigenvalue weighted by molar-refractivity contribution is -0.121. The third kappa shape index (κ3) is 7.32. The second kappa shape index (κ2) is 13.8. The van der Waals surface area contributed by atoms with Gasteiger partial charge in [-0.2, -0.15) is 4.98 Å². The second-order valence-electron chi connectivity index (χ2n) is 10.2. The first-order valence-corrected chi connectivity index (χ1v) is 14.6. The van der Waals surface area contributed by atoms with Crippen LogP contribution in [0.25, 0.3) is 5.95 Å². The van der Waals surface area contributed by atoms with Gasteiger partial charge in [0.25, 0.3) is 0 Å². The Bertz CT molecular complexity index is 1640. The molecule has 12 nitrogen and oxygen atoms in total. The topological polar surface area (TPSA) is 127 Å². The van der Waals surface area contributed by atoms with Crippen molar-refractivity contribution in [3.8, 4) is 17.4 Å². The monoisotopic (exact) mass is 638 g/mol. The van der Waals surface area contributed by atoms with Crippen molar-refractivity contribution < 1.29 is 19.1 Å². The summed E-state index contributed by atoms with van der Waals surface area (Å²) in [6, 6.07) is 11.6. The van der Waals surface area contributed by atoms with E-state index in [4.69, 9.17) is 37.7 Å². The molecule has 0 saturated carbocycles. The number of amides is 3. The molecule has 2 N–H and O–H groups in total. The van der Waals surface area contributed by atoms with Crippen LogP contribution in [-0.4, -0.2) is 76.3 Å². The number of hydrogen-bond acceptors (Lipinski definition) is 8. The van der Waals surface area contributed by atoms with Crippen LogP contribution in [-0.2, 0) is 11.3 Å². The van der Waals surface area contributed by atoms with Crippen LogP contribution in [0.1, 0.15) is 17.7 Å². The minimum absolute atomic E-state index is 0.118. The normalized spacial score (nSPS) is 14.7. The molecule has 44 heavy (non-hydrogen) atoms. The van der Waals surface area contributed by atoms with Crippen LogP contribution in [0.5, 0.6) is 11.5 Å². The number of rotatable bonds is 9. The highest BCUT2D eigenvalue weighted by Crippen LogP contribution is 2.28. The van der Waals surface area contributed by atoms with Gasteiger partial charge < -0.3 is 29.9 Å². The first-order chi connectivity index (χ1) is 21.2. The fourth-order valence-corrected chi connectivity index (χ4v) is 5.24. The van der Waals surface area contributed by atoms with E-state index in [1.54, 1.807) is 66.7 Å². The lowest BCUT2D eigenvalue weighted by atomic mass is 10.1. The molecule has 0 aliphatic carbocycles. The fourth-order valence-electron chi connectivity index (χ4n) is 4.95. The van der Waals surface area contributed by atoms with E-state index < -0.39 is 0 Å². The van der Waals surface area contributed by atoms with Crippen molar-refractivity contribution >= 4 is 46.6 Å². The fraction of sp³-hybridized carbons (Fsp3) is 0.300. The largest absolute Gasteiger partial charge is 0.493 e. The Morgan fingerprint density at radius 3 is 2.55 bits per heavy atom. The first-order valence-electron chi connectivity index (χ1n) is 13.8. The molecule has 2 aromatic heterocycles. The van der Waals surface area contributed by atoms with E-state index in [0.717, 1.165) is 11.3 Å². The predicted octanol–water partition coefficient (Wildman–Crippen LogP) is 4.72. The van der Waals surface area contributed by atoms with E-state index in [0.29, 0.717) is 58.6 Å². The molecular weight excluding hydrogens is 607 g/mol. The van der Waals surface area contributed by atoms with E-state index in [-0.39, 0.29) is 30.9 Å². The van der Waals surface area contributed by atoms with Crippen molar-refractivity contribution in [2.45, 2.75) is 25.9 Å². The van der Waals surface area contributed by atoms with Crippen molar-refractivity contribution in [3.05, 3.63) is 82.5 Å². The highest BCUT2D eigenvalue weighted by Gasteiger charge is 2.32. The molecule has 0 bridgehead atoms. The van der Waals surface area contributed by atoms with Gasteiger partial charge in [0.15, 0.2) is 11.5 Å². The molecule has 1 atom stereocenters. The summed E-state index contributed by atoms with van der Waals surface area (Å²) in [5.74, 6) is 2.13. The average Bonchev–Trinajstić information content (AvgIpc) is 3.57. The highest BCUT2D eigenvalue weighted by atomic mass is 35.5. The van der Waals surface area contributed by atoms with Gasteiger partial charge in [-0.15, -0.1) is 0 Å². The summed E-state index contributed by atoms with van der Waals surface area (Å²) in [7, 11) is 3.13. The number of nitrogens with one attached hydrogen (secondary N) is 2. The summed E-state index contributed by atoms with van der Waals surface area (Å²) in [5, 5.41) is 6.61. The number of urea groups is 1. The third-order valence-electron chi connectivity index (χ3n) is 7.16. The number of anilines is 2. The van der Waals surface area contributed by atoms with Crippen LogP contribution in [0.4, 0.5) is 16.3 Å². The molecular formula is C30H32Cl2N8O4. The molecule has 1 saturated heterocycles. The van der Waals surface area contributed by atoms with Gasteiger partial charge >= 0.3 is 6.03 Å². The zero-order valence-electron chi connectivity index (χ0n) is 24.5. The van der Waals surface area contributed by atoms with E-state index in [2.05, 4.69) is 20.6 Å². The molecule has 0 radical (unpaired) electrons. The van der Waals surface area contributed by atoms with Gasteiger partial charge in [0, 0.05) is 62.4 Å². The van der Waals surface area contributed by atoms with E-state index in [1.165, 1.54) is 0 Å². The zero-order chi connectivity index (χ0) is 31.2. The quantitative estimate of drug-likeness (QED) is 0.270. The molecule has 1 fully saturated rings. The van der Waals surface area contributed by atoms with E-state index >= 15 is 0 Å². The highest BCUT2D eigenvalue weighted by molar-refractivity contribution is 6.42. The van der Waals surface area contributed by atoms with E-state index in [9.17, 15) is 9.59 Å². The Morgan fingerprint density at radius 2 is 1.82 bits per heavy atom. The van der Waals surface area contributed by atoms with E-state index in [1.807, 2.05) is 30.0 Å². The summed E-state index contributed by atoms with van der Waals surface area (Å²) in [6.45, 7) is 3.31. The molecule has 14 heteroatoms. The number of ether oxygens (including phenoxy) is 2. The Labute approximate surface area is 264 Å². The lowest BCUT2D eigenvalue weighted by Crippen LogP contribution is -2.57. The number of aryl methyl sites for hydroxylation is 1. The number of carbonyl (C=O) groups is 2. The molecule has 1 aliphatic rings. The number of methoxy groups -OCH3 is 2. The molecule has 3 amide bonds. The first kappa shape index (κ1) is 30.9. The standard InChI is InChI=1S/C30H32Cl2N8O4/c1-19-12-27(37-29(35-19)39-9-8-33-18-39)40-11-10-38(30(42)36-21-5-6-23(31)24(32)14-21)17-22(40)15-28(41)34-16-20-4-7-25(43-2)26(13-20)44-3/h4-9,12-14,18,22H,10-11,15-17H2,1-3H3,(H,34,41)(H,36,42). The number of carbonyl (C=O) groups excluding carboxylic acids is 2. The minimum Gasteiger partial charge on any atom is -0.493 e. The molecule has 0 spiro atoms. The maximum absolute atomic E-state index is 13.3. The van der Waals surface area contributed by atoms with Crippen LogP contribution in [0.2, 0.25) is 10.0 Å². The van der Waals surface area contributed by atoms with Gasteiger partial charge in [-0.3, -0.25) is 9.36 Å². The number of hydrogen-bond donors (Lipinski definition) is 2. The summed E-state index contributed by atoms with van der Waals surface area (Å²) in [6.07, 6.45) is 5.17. The summed E-state index contributed by atoms with van der Waals surface area (Å²) in [5.41, 5.74) is 2.14. The predicted molar refractivity (Wildman–Crippen MR) is 168 cm³/mol. The smallest absolute Gasteiger partial charge is 0.321 e. The summed E-state index contributed by atoms with van der Waals surface area (Å²) >= 11 is 12.2. The second-order valence-corrected chi connectivity index (χ2v) is 11.0. The Morgan fingerprint density at radius 1 is 1.00 bits per heavy atom. The maximum atomic E-state index is 13.3. The van der Waals surface area contributed by atoms with Gasteiger partial charge in [0.2, 0.25) is 11.9 Å². The SMILES string of the molecule is COc1ccc(CNC(=O)CC2CN(C(=O)Nc3ccc(Cl)c(Cl)c3)CCN2c2cc(C)nc(-n3ccnc3)n2)cc1OC. The molecule has 1 unspecified atom stereocenters. The van der Waals surface area contributed by atoms with Crippen molar-refractivity contribution in [1.29, 1.82) is 0 Å². The summed E-state index contributed by atoms with van der Waals surface area (Å²) < 4.78 is 12.4. The molecule has 4 aromatic rings. The Balaban J connectivity index is 1.34. The van der Waals surface area contributed by atoms with Crippen molar-refractivity contribution in [1.82, 2.24) is 29.7 Å². The molecule has 3 heterocycles. The number of aromatic nitrogens is 4. The van der Waals surface area contributed by atoms with Crippen LogP contribution >= 0.6 is 23.2 Å². The van der Waals surface area contributed by atoms with Crippen LogP contribution in [0, 0.1) is 6.92 Å². The summed E-state index contributed by atoms with van der Waals surface area (Å²) in [4.78, 5) is 43.7. The van der Waals surface area contributed by atoms with Gasteiger partial charge in [-0.1, -0.05) is 29.3 Å². The van der Waals surface area contributed by atoms with Crippen LogP contribution in [0.15, 0.2) is 61.2 Å². The Kier molecular flexibility index (Phi) is 9.71. The number of benzene rings is 2. The maximum Gasteiger partial charge on any atom is 0.321 e. The number of imidazole rings is 1. The number of nitrogens with zero attached hydrogens (tertiary/aromatic N) is 6. The average molecular weight is 640 g/mol. The van der Waals surface area contributed by atoms with Crippen molar-refractivity contribution in [3.63, 3.8) is 0 Å². The number of piperazine rings is 1. The molecule has 230 valence electrons. The molecule has 2 aromatic carbocycles. The van der Waals surface area contributed by atoms with Crippen LogP contribution < -0.4 is 25.0 Å². The molecule has 1 aliphatic heterocycles. The molecule has 5 rings (SSSR count). The van der Waals surface area contributed by atoms with Gasteiger partial charge in [-0.25, -0.2) is 14.8 Å². The van der Waals surface area contributed by atoms with Crippen molar-refractivity contribution in [2.75, 3.05) is 44.1 Å². The Hall–Kier alpha value is -4.55. The minimum atomic E-state index is -0.376. The number of halogens is 2. The van der Waals surface area contributed by atoms with Gasteiger partial charge in [0.1, 0.15) is 12.1 Å². The lowest BCUT2D eigenvalue weighted by Gasteiger charge is -2.42. The zero-order valence-corrected chi connectivity index (χ0v) is 26.0. The third-order valence-corrected chi connectivity index (χ3v) is 7.90. The van der Waals surface area contributed by atoms with Gasteiger partial charge in [-0.05, 0) is 42.8 Å². The van der Waals surface area contributed by atoms with Crippen LogP contribution in [0.3, 0.4) is 0 Å². The van der Waals surface area contributed by atoms with Gasteiger partial charge in [0.05, 0.1) is 30.3 Å². The van der Waals surface area contributed by atoms with Crippen molar-refractivity contribution in [2.24, 2.45) is 0 Å².